The van der Waals surface area contributed by atoms with Gasteiger partial charge in [0, 0.05) is 6.42 Å². The quantitative estimate of drug-likeness (QED) is 0.758. The molecule has 0 radical (unpaired) electrons. The van der Waals surface area contributed by atoms with E-state index in [0.29, 0.717) is 24.8 Å². The molecule has 1 nitrogen and oxygen atoms in total. The highest BCUT2D eigenvalue weighted by Gasteiger charge is 2.09. The van der Waals surface area contributed by atoms with E-state index in [1.165, 1.54) is 0 Å². The third-order valence-electron chi connectivity index (χ3n) is 2.90. The van der Waals surface area contributed by atoms with Crippen LogP contribution in [0.4, 0.5) is 4.39 Å². The summed E-state index contributed by atoms with van der Waals surface area (Å²) in [6.45, 7) is 0. The van der Waals surface area contributed by atoms with Gasteiger partial charge in [-0.2, -0.15) is 5.26 Å². The van der Waals surface area contributed by atoms with E-state index in [1.807, 2.05) is 42.5 Å². The van der Waals surface area contributed by atoms with E-state index in [2.05, 4.69) is 6.07 Å². The van der Waals surface area contributed by atoms with Gasteiger partial charge in [-0.3, -0.25) is 0 Å². The van der Waals surface area contributed by atoms with E-state index in [-0.39, 0.29) is 5.83 Å². The van der Waals surface area contributed by atoms with E-state index in [4.69, 9.17) is 5.26 Å². The second-order valence-electron chi connectivity index (χ2n) is 4.18. The summed E-state index contributed by atoms with van der Waals surface area (Å²) in [5.41, 5.74) is 2.50. The van der Waals surface area contributed by atoms with Crippen LogP contribution in [0.3, 0.4) is 0 Å². The van der Waals surface area contributed by atoms with Crippen molar-refractivity contribution in [2.45, 2.75) is 19.3 Å². The van der Waals surface area contributed by atoms with Gasteiger partial charge >= 0.3 is 0 Å². The Balaban J connectivity index is 2.30. The van der Waals surface area contributed by atoms with Crippen molar-refractivity contribution in [3.05, 3.63) is 65.5 Å². The van der Waals surface area contributed by atoms with Crippen molar-refractivity contribution in [3.8, 4) is 6.07 Å². The molecule has 1 aromatic carbocycles. The first-order chi connectivity index (χ1) is 8.81. The Kier molecular flexibility index (Phi) is 4.09. The van der Waals surface area contributed by atoms with Crippen molar-refractivity contribution in [2.24, 2.45) is 0 Å². The van der Waals surface area contributed by atoms with Crippen molar-refractivity contribution in [2.75, 3.05) is 0 Å². The number of hydrogen-bond acceptors (Lipinski definition) is 1. The van der Waals surface area contributed by atoms with E-state index in [9.17, 15) is 4.39 Å². The van der Waals surface area contributed by atoms with Crippen LogP contribution in [0.5, 0.6) is 0 Å². The molecule has 0 amide bonds. The zero-order valence-electron chi connectivity index (χ0n) is 10.1. The fraction of sp³-hybridized carbons (Fsp3) is 0.188. The van der Waals surface area contributed by atoms with Crippen molar-refractivity contribution in [1.29, 1.82) is 5.26 Å². The minimum atomic E-state index is -0.195. The van der Waals surface area contributed by atoms with Crippen LogP contribution in [0.2, 0.25) is 0 Å². The summed E-state index contributed by atoms with van der Waals surface area (Å²) in [6.07, 6.45) is 7.02. The average Bonchev–Trinajstić information content (AvgIpc) is 2.59. The van der Waals surface area contributed by atoms with Gasteiger partial charge in [0.2, 0.25) is 0 Å². The monoisotopic (exact) mass is 239 g/mol. The summed E-state index contributed by atoms with van der Waals surface area (Å²) in [5, 5.41) is 8.56. The first-order valence-electron chi connectivity index (χ1n) is 5.99. The van der Waals surface area contributed by atoms with Gasteiger partial charge in [0.25, 0.3) is 0 Å². The van der Waals surface area contributed by atoms with Crippen molar-refractivity contribution >= 4 is 5.57 Å². The summed E-state index contributed by atoms with van der Waals surface area (Å²) in [6, 6.07) is 11.6. The number of nitrogens with zero attached hydrogens (tertiary/aromatic N) is 1. The lowest BCUT2D eigenvalue weighted by molar-refractivity contribution is 0.666. The molecule has 0 unspecified atom stereocenters. The molecular weight excluding hydrogens is 225 g/mol. The number of allylic oxidation sites excluding steroid dienone is 6. The van der Waals surface area contributed by atoms with Gasteiger partial charge in [0.15, 0.2) is 0 Å². The maximum absolute atomic E-state index is 14.2. The Hall–Kier alpha value is -2.14. The molecule has 0 spiro atoms. The van der Waals surface area contributed by atoms with E-state index in [0.717, 1.165) is 11.1 Å². The molecule has 90 valence electrons. The van der Waals surface area contributed by atoms with Crippen LogP contribution in [0, 0.1) is 11.3 Å². The fourth-order valence-corrected chi connectivity index (χ4v) is 1.97. The number of rotatable bonds is 3. The van der Waals surface area contributed by atoms with Gasteiger partial charge in [-0.25, -0.2) is 4.39 Å². The number of benzene rings is 1. The van der Waals surface area contributed by atoms with Gasteiger partial charge in [-0.15, -0.1) is 0 Å². The first-order valence-corrected chi connectivity index (χ1v) is 5.99. The number of hydrogen-bond donors (Lipinski definition) is 0. The Morgan fingerprint density at radius 2 is 2.00 bits per heavy atom. The van der Waals surface area contributed by atoms with E-state index in [1.54, 1.807) is 6.08 Å². The summed E-state index contributed by atoms with van der Waals surface area (Å²) in [5.74, 6) is -0.195. The molecule has 0 bridgehead atoms. The maximum atomic E-state index is 14.2. The lowest BCUT2D eigenvalue weighted by atomic mass is 10.0. The van der Waals surface area contributed by atoms with Crippen LogP contribution in [0.15, 0.2) is 60.0 Å². The average molecular weight is 239 g/mol. The number of nitriles is 1. The van der Waals surface area contributed by atoms with Crippen LogP contribution in [0.1, 0.15) is 24.8 Å². The number of halogens is 1. The second kappa shape index (κ2) is 5.97. The SMILES string of the molecule is N#CCCC1=CC(F)=C(c2ccccc2)CC=C1. The highest BCUT2D eigenvalue weighted by Crippen LogP contribution is 2.28. The summed E-state index contributed by atoms with van der Waals surface area (Å²) < 4.78 is 14.2. The molecule has 0 N–H and O–H groups in total. The standard InChI is InChI=1S/C16H14FN/c17-16-12-13(7-5-11-18)6-4-10-15(16)14-8-2-1-3-9-14/h1-4,6,8-9,12H,5,7,10H2. The largest absolute Gasteiger partial charge is 0.207 e. The molecule has 0 saturated heterocycles. The summed E-state index contributed by atoms with van der Waals surface area (Å²) >= 11 is 0. The highest BCUT2D eigenvalue weighted by molar-refractivity contribution is 5.71. The van der Waals surface area contributed by atoms with Gasteiger partial charge in [-0.1, -0.05) is 42.5 Å². The van der Waals surface area contributed by atoms with Gasteiger partial charge in [0.1, 0.15) is 5.83 Å². The Labute approximate surface area is 107 Å². The van der Waals surface area contributed by atoms with Crippen LogP contribution in [-0.4, -0.2) is 0 Å². The predicted octanol–water partition coefficient (Wildman–Crippen LogP) is 4.56. The molecule has 0 atom stereocenters. The fourth-order valence-electron chi connectivity index (χ4n) is 1.97. The Morgan fingerprint density at radius 3 is 2.72 bits per heavy atom. The minimum absolute atomic E-state index is 0.195. The molecule has 0 aliphatic heterocycles. The predicted molar refractivity (Wildman–Crippen MR) is 71.2 cm³/mol. The smallest absolute Gasteiger partial charge is 0.127 e. The maximum Gasteiger partial charge on any atom is 0.127 e. The Morgan fingerprint density at radius 1 is 1.22 bits per heavy atom. The first kappa shape index (κ1) is 12.3. The molecule has 1 aliphatic carbocycles. The van der Waals surface area contributed by atoms with Crippen LogP contribution in [0.25, 0.3) is 5.57 Å². The summed E-state index contributed by atoms with van der Waals surface area (Å²) in [4.78, 5) is 0. The molecule has 2 rings (SSSR count). The molecule has 2 heteroatoms. The zero-order chi connectivity index (χ0) is 12.8. The lowest BCUT2D eigenvalue weighted by Gasteiger charge is -2.04. The van der Waals surface area contributed by atoms with E-state index < -0.39 is 0 Å². The molecule has 1 aliphatic rings. The third kappa shape index (κ3) is 2.95. The molecular formula is C16H14FN. The van der Waals surface area contributed by atoms with Crippen LogP contribution >= 0.6 is 0 Å². The molecule has 0 saturated carbocycles. The second-order valence-corrected chi connectivity index (χ2v) is 4.18. The Bertz CT molecular complexity index is 544. The third-order valence-corrected chi connectivity index (χ3v) is 2.90. The molecule has 18 heavy (non-hydrogen) atoms. The lowest BCUT2D eigenvalue weighted by Crippen LogP contribution is -1.85. The van der Waals surface area contributed by atoms with Crippen LogP contribution in [-0.2, 0) is 0 Å². The highest BCUT2D eigenvalue weighted by atomic mass is 19.1. The minimum Gasteiger partial charge on any atom is -0.207 e. The summed E-state index contributed by atoms with van der Waals surface area (Å²) in [7, 11) is 0. The molecule has 1 aromatic rings. The zero-order valence-corrected chi connectivity index (χ0v) is 10.1. The van der Waals surface area contributed by atoms with Crippen molar-refractivity contribution < 1.29 is 4.39 Å². The molecule has 0 fully saturated rings. The van der Waals surface area contributed by atoms with Gasteiger partial charge in [0.05, 0.1) is 6.07 Å². The van der Waals surface area contributed by atoms with Gasteiger partial charge in [-0.05, 0) is 35.6 Å². The molecule has 0 heterocycles. The van der Waals surface area contributed by atoms with E-state index >= 15 is 0 Å². The van der Waals surface area contributed by atoms with Crippen molar-refractivity contribution in [1.82, 2.24) is 0 Å². The van der Waals surface area contributed by atoms with Crippen LogP contribution < -0.4 is 0 Å². The normalized spacial score (nSPS) is 15.0. The van der Waals surface area contributed by atoms with Gasteiger partial charge < -0.3 is 0 Å². The topological polar surface area (TPSA) is 23.8 Å². The van der Waals surface area contributed by atoms with Crippen molar-refractivity contribution in [3.63, 3.8) is 0 Å². The molecule has 0 aromatic heterocycles.